The van der Waals surface area contributed by atoms with E-state index in [-0.39, 0.29) is 23.9 Å². The largest absolute Gasteiger partial charge is 0.340 e. The zero-order valence-corrected chi connectivity index (χ0v) is 28.0. The fraction of sp³-hybridized carbons (Fsp3) is 0.378. The van der Waals surface area contributed by atoms with Gasteiger partial charge in [0.25, 0.3) is 5.91 Å². The van der Waals surface area contributed by atoms with Crippen molar-refractivity contribution in [3.63, 3.8) is 0 Å². The normalized spacial score (nSPS) is 19.2. The number of likely N-dealkylation sites (tertiary alicyclic amines) is 2. The van der Waals surface area contributed by atoms with Gasteiger partial charge in [-0.25, -0.2) is 15.0 Å². The van der Waals surface area contributed by atoms with Crippen molar-refractivity contribution < 1.29 is 29.1 Å². The molecule has 0 aliphatic carbocycles. The van der Waals surface area contributed by atoms with Gasteiger partial charge in [0.05, 0.1) is 31.3 Å². The van der Waals surface area contributed by atoms with E-state index in [9.17, 15) is 9.59 Å². The molecule has 256 valence electrons. The van der Waals surface area contributed by atoms with Crippen molar-refractivity contribution in [3.05, 3.63) is 89.7 Å². The van der Waals surface area contributed by atoms with Crippen molar-refractivity contribution in [2.45, 2.75) is 63.2 Å². The summed E-state index contributed by atoms with van der Waals surface area (Å²) in [6.07, 6.45) is 6.72. The maximum atomic E-state index is 13.9. The van der Waals surface area contributed by atoms with E-state index >= 15 is 0 Å². The molecule has 6 rings (SSSR count). The number of hydrogen-bond acceptors (Lipinski definition) is 9. The lowest BCUT2D eigenvalue weighted by molar-refractivity contribution is -0.188. The lowest BCUT2D eigenvalue weighted by Gasteiger charge is -2.26. The second-order valence-corrected chi connectivity index (χ2v) is 12.3. The van der Waals surface area contributed by atoms with E-state index in [1.54, 1.807) is 6.92 Å². The topological polar surface area (TPSA) is 131 Å². The fourth-order valence-corrected chi connectivity index (χ4v) is 6.80. The molecule has 12 nitrogen and oxygen atoms in total. The fourth-order valence-electron chi connectivity index (χ4n) is 6.80. The summed E-state index contributed by atoms with van der Waals surface area (Å²) >= 11 is 0. The number of hydrogen-bond donors (Lipinski definition) is 1. The van der Waals surface area contributed by atoms with Gasteiger partial charge in [0.1, 0.15) is 11.9 Å². The summed E-state index contributed by atoms with van der Waals surface area (Å²) in [7, 11) is 2.78. The molecule has 4 atom stereocenters. The first-order valence-corrected chi connectivity index (χ1v) is 16.6. The Morgan fingerprint density at radius 1 is 0.878 bits per heavy atom. The number of aromatic amines is 1. The first kappa shape index (κ1) is 33.8. The molecule has 1 N–H and O–H groups in total. The Morgan fingerprint density at radius 2 is 1.57 bits per heavy atom. The van der Waals surface area contributed by atoms with Gasteiger partial charge in [-0.05, 0) is 73.4 Å². The summed E-state index contributed by atoms with van der Waals surface area (Å²) < 4.78 is 0. The summed E-state index contributed by atoms with van der Waals surface area (Å²) in [6, 6.07) is 22.8. The third-order valence-corrected chi connectivity index (χ3v) is 9.25. The van der Waals surface area contributed by atoms with Crippen molar-refractivity contribution in [2.24, 2.45) is 9.98 Å². The van der Waals surface area contributed by atoms with E-state index in [4.69, 9.17) is 14.8 Å². The third-order valence-electron chi connectivity index (χ3n) is 9.25. The van der Waals surface area contributed by atoms with Crippen LogP contribution in [0.15, 0.2) is 82.8 Å². The molecule has 0 radical (unpaired) electrons. The Bertz CT molecular complexity index is 1780. The summed E-state index contributed by atoms with van der Waals surface area (Å²) in [5.41, 5.74) is 5.86. The van der Waals surface area contributed by atoms with Crippen molar-refractivity contribution in [3.8, 4) is 11.1 Å². The van der Waals surface area contributed by atoms with Crippen LogP contribution < -0.4 is 0 Å². The van der Waals surface area contributed by atoms with E-state index in [0.717, 1.165) is 78.6 Å². The van der Waals surface area contributed by atoms with Gasteiger partial charge in [0.15, 0.2) is 6.04 Å². The van der Waals surface area contributed by atoms with E-state index in [2.05, 4.69) is 61.1 Å². The number of imidazole rings is 1. The lowest BCUT2D eigenvalue weighted by atomic mass is 9.99. The Labute approximate surface area is 285 Å². The Hall–Kier alpha value is -5.07. The van der Waals surface area contributed by atoms with Crippen LogP contribution in [0.5, 0.6) is 0 Å². The Balaban J connectivity index is 1.15. The smallest absolute Gasteiger partial charge is 0.252 e. The average molecular weight is 667 g/mol. The Morgan fingerprint density at radius 3 is 2.33 bits per heavy atom. The summed E-state index contributed by atoms with van der Waals surface area (Å²) in [4.78, 5) is 66.4. The first-order valence-electron chi connectivity index (χ1n) is 16.6. The molecule has 2 saturated heterocycles. The first-order chi connectivity index (χ1) is 24.0. The van der Waals surface area contributed by atoms with Crippen molar-refractivity contribution in [1.29, 1.82) is 0 Å². The number of nitrogens with one attached hydrogen (secondary N) is 1. The molecular weight excluding hydrogens is 624 g/mol. The molecule has 3 aromatic carbocycles. The molecule has 2 amide bonds. The molecule has 1 aromatic heterocycles. The maximum absolute atomic E-state index is 13.9. The van der Waals surface area contributed by atoms with Gasteiger partial charge in [-0.3, -0.25) is 9.59 Å². The monoisotopic (exact) mass is 666 g/mol. The Kier molecular flexibility index (Phi) is 11.0. The highest BCUT2D eigenvalue weighted by molar-refractivity contribution is 5.86. The van der Waals surface area contributed by atoms with Crippen molar-refractivity contribution in [2.75, 3.05) is 27.3 Å². The number of aromatic nitrogens is 2. The number of aliphatic imine (C=N–C) groups is 2. The highest BCUT2D eigenvalue weighted by Crippen LogP contribution is 2.35. The van der Waals surface area contributed by atoms with Crippen LogP contribution in [0.1, 0.15) is 61.6 Å². The molecule has 0 bridgehead atoms. The van der Waals surface area contributed by atoms with Gasteiger partial charge < -0.3 is 24.6 Å². The van der Waals surface area contributed by atoms with E-state index in [0.29, 0.717) is 6.54 Å². The molecule has 2 aliphatic heterocycles. The zero-order chi connectivity index (χ0) is 34.2. The second-order valence-electron chi connectivity index (χ2n) is 12.3. The maximum Gasteiger partial charge on any atom is 0.252 e. The highest BCUT2D eigenvalue weighted by atomic mass is 17.2. The van der Waals surface area contributed by atoms with Crippen LogP contribution >= 0.6 is 0 Å². The molecule has 0 spiro atoms. The second kappa shape index (κ2) is 15.9. The SMILES string of the molecule is COOC=N[C@H](C)C(=O)N1CCC[C@H]1Cc1ccc(-c2ccc3nc([C@@H]4CCCN4C(=O)[C@H](N=COOC)c4ccccc4)[nH]c3c2)cc1. The number of benzene rings is 3. The van der Waals surface area contributed by atoms with E-state index < -0.39 is 12.1 Å². The van der Waals surface area contributed by atoms with Gasteiger partial charge in [-0.1, -0.05) is 60.7 Å². The molecule has 2 aliphatic rings. The molecule has 0 saturated carbocycles. The predicted octanol–water partition coefficient (Wildman–Crippen LogP) is 5.77. The van der Waals surface area contributed by atoms with E-state index in [1.165, 1.54) is 26.2 Å². The molecule has 49 heavy (non-hydrogen) atoms. The van der Waals surface area contributed by atoms with Crippen LogP contribution in [0.25, 0.3) is 22.2 Å². The summed E-state index contributed by atoms with van der Waals surface area (Å²) in [6.45, 7) is 3.12. The van der Waals surface area contributed by atoms with Crippen LogP contribution in [-0.2, 0) is 35.6 Å². The predicted molar refractivity (Wildman–Crippen MR) is 185 cm³/mol. The van der Waals surface area contributed by atoms with Crippen LogP contribution in [0.3, 0.4) is 0 Å². The molecular formula is C37H42N6O6. The van der Waals surface area contributed by atoms with Crippen LogP contribution in [0.4, 0.5) is 0 Å². The number of amides is 2. The average Bonchev–Trinajstić information content (AvgIpc) is 3.90. The summed E-state index contributed by atoms with van der Waals surface area (Å²) in [5, 5.41) is 0. The third kappa shape index (κ3) is 7.82. The molecule has 4 aromatic rings. The van der Waals surface area contributed by atoms with E-state index in [1.807, 2.05) is 46.2 Å². The van der Waals surface area contributed by atoms with Crippen LogP contribution in [0, 0.1) is 0 Å². The highest BCUT2D eigenvalue weighted by Gasteiger charge is 2.36. The van der Waals surface area contributed by atoms with Gasteiger partial charge >= 0.3 is 0 Å². The number of carbonyl (C=O) groups excluding carboxylic acids is 2. The van der Waals surface area contributed by atoms with Crippen LogP contribution in [-0.4, -0.2) is 83.8 Å². The molecule has 12 heteroatoms. The minimum atomic E-state index is -0.757. The molecule has 2 fully saturated rings. The standard InChI is InChI=1S/C37H42N6O6/c1-25(38-23-48-46-2)36(44)42-19-7-11-30(42)21-26-13-15-27(16-14-26)29-17-18-31-32(22-29)41-35(40-31)33-12-8-20-43(33)37(45)34(39-24-49-47-3)28-9-5-4-6-10-28/h4-6,9-10,13-18,22-25,30,33-34H,7-8,11-12,19-21H2,1-3H3,(H,40,41)/t25-,30+,33+,34-/m1/s1. The van der Waals surface area contributed by atoms with Crippen LogP contribution in [0.2, 0.25) is 0 Å². The van der Waals surface area contributed by atoms with Gasteiger partial charge in [0, 0.05) is 19.1 Å². The van der Waals surface area contributed by atoms with Crippen molar-refractivity contribution in [1.82, 2.24) is 19.8 Å². The molecule has 0 unspecified atom stereocenters. The van der Waals surface area contributed by atoms with Crippen molar-refractivity contribution >= 4 is 35.6 Å². The zero-order valence-electron chi connectivity index (χ0n) is 28.0. The summed E-state index contributed by atoms with van der Waals surface area (Å²) in [5.74, 6) is 0.642. The number of fused-ring (bicyclic) bond motifs is 1. The molecule has 3 heterocycles. The van der Waals surface area contributed by atoms with Gasteiger partial charge in [-0.2, -0.15) is 9.78 Å². The number of carbonyl (C=O) groups is 2. The van der Waals surface area contributed by atoms with Gasteiger partial charge in [-0.15, -0.1) is 0 Å². The quantitative estimate of drug-likeness (QED) is 0.0830. The minimum absolute atomic E-state index is 0.00594. The number of nitrogens with zero attached hydrogens (tertiary/aromatic N) is 5. The number of H-pyrrole nitrogens is 1. The lowest BCUT2D eigenvalue weighted by Crippen LogP contribution is -2.41. The minimum Gasteiger partial charge on any atom is -0.340 e. The number of rotatable bonds is 13. The van der Waals surface area contributed by atoms with Gasteiger partial charge in [0.2, 0.25) is 18.7 Å².